The molecular formula is C15H28IN. The van der Waals surface area contributed by atoms with Crippen LogP contribution in [0.2, 0.25) is 0 Å². The molecule has 2 heteroatoms. The molecule has 0 aromatic rings. The van der Waals surface area contributed by atoms with Crippen LogP contribution in [0.3, 0.4) is 0 Å². The fraction of sp³-hybridized carbons (Fsp3) is 1.00. The van der Waals surface area contributed by atoms with E-state index in [1.807, 2.05) is 0 Å². The third-order valence-corrected chi connectivity index (χ3v) is 5.48. The summed E-state index contributed by atoms with van der Waals surface area (Å²) in [4.78, 5) is 0. The van der Waals surface area contributed by atoms with E-state index in [-0.39, 0.29) is 24.0 Å². The molecule has 4 saturated carbocycles. The Balaban J connectivity index is 0.00000108. The molecule has 0 aromatic heterocycles. The van der Waals surface area contributed by atoms with Crippen molar-refractivity contribution in [3.05, 3.63) is 0 Å². The van der Waals surface area contributed by atoms with Crippen molar-refractivity contribution in [1.82, 2.24) is 0 Å². The Morgan fingerprint density at radius 3 is 1.65 bits per heavy atom. The molecule has 100 valence electrons. The molecule has 0 spiro atoms. The van der Waals surface area contributed by atoms with Crippen molar-refractivity contribution in [1.29, 1.82) is 0 Å². The summed E-state index contributed by atoms with van der Waals surface area (Å²) in [6.45, 7) is 1.38. The van der Waals surface area contributed by atoms with Gasteiger partial charge in [0.25, 0.3) is 0 Å². The highest BCUT2D eigenvalue weighted by atomic mass is 127. The van der Waals surface area contributed by atoms with Crippen LogP contribution in [-0.2, 0) is 0 Å². The first-order valence-electron chi connectivity index (χ1n) is 7.25. The van der Waals surface area contributed by atoms with E-state index in [1.54, 1.807) is 38.5 Å². The van der Waals surface area contributed by atoms with Crippen molar-refractivity contribution in [3.63, 3.8) is 0 Å². The highest BCUT2D eigenvalue weighted by molar-refractivity contribution is 5.01. The third-order valence-electron chi connectivity index (χ3n) is 5.48. The van der Waals surface area contributed by atoms with Crippen molar-refractivity contribution < 1.29 is 28.5 Å². The molecule has 0 aliphatic heterocycles. The predicted molar refractivity (Wildman–Crippen MR) is 68.1 cm³/mol. The van der Waals surface area contributed by atoms with Gasteiger partial charge in [-0.25, -0.2) is 0 Å². The normalized spacial score (nSPS) is 43.6. The summed E-state index contributed by atoms with van der Waals surface area (Å²) in [5.41, 5.74) is 0.792. The van der Waals surface area contributed by atoms with E-state index in [0.29, 0.717) is 0 Å². The Morgan fingerprint density at radius 1 is 0.882 bits per heavy atom. The minimum Gasteiger partial charge on any atom is -1.00 e. The number of hydrogen-bond donors (Lipinski definition) is 0. The lowest BCUT2D eigenvalue weighted by Crippen LogP contribution is -3.00. The molecule has 0 heterocycles. The third kappa shape index (κ3) is 2.99. The molecule has 0 aromatic carbocycles. The lowest BCUT2D eigenvalue weighted by atomic mass is 9.49. The zero-order valence-electron chi connectivity index (χ0n) is 11.7. The standard InChI is InChI=1S/C15H28N.HI/c1-16(2,3)5-4-15-9-12-6-13(10-15)8-14(7-12)11-15;/h12-14H,4-11H2,1-3H3;1H/q+1;/p-1. The van der Waals surface area contributed by atoms with Gasteiger partial charge in [0.1, 0.15) is 0 Å². The molecule has 4 fully saturated rings. The van der Waals surface area contributed by atoms with E-state index >= 15 is 0 Å². The average molecular weight is 349 g/mol. The lowest BCUT2D eigenvalue weighted by Gasteiger charge is -2.57. The van der Waals surface area contributed by atoms with Crippen molar-refractivity contribution in [2.45, 2.75) is 44.9 Å². The highest BCUT2D eigenvalue weighted by Gasteiger charge is 2.50. The van der Waals surface area contributed by atoms with Gasteiger partial charge in [0.15, 0.2) is 0 Å². The van der Waals surface area contributed by atoms with E-state index in [1.165, 1.54) is 13.0 Å². The van der Waals surface area contributed by atoms with Crippen LogP contribution in [0.25, 0.3) is 0 Å². The molecule has 0 radical (unpaired) electrons. The van der Waals surface area contributed by atoms with Crippen LogP contribution in [0.1, 0.15) is 44.9 Å². The van der Waals surface area contributed by atoms with Gasteiger partial charge in [0.05, 0.1) is 27.7 Å². The van der Waals surface area contributed by atoms with E-state index in [0.717, 1.165) is 27.7 Å². The van der Waals surface area contributed by atoms with Crippen LogP contribution in [-0.4, -0.2) is 32.2 Å². The van der Waals surface area contributed by atoms with Crippen LogP contribution < -0.4 is 24.0 Å². The maximum Gasteiger partial charge on any atom is 0.0785 e. The maximum atomic E-state index is 2.35. The highest BCUT2D eigenvalue weighted by Crippen LogP contribution is 2.61. The van der Waals surface area contributed by atoms with Gasteiger partial charge in [0.2, 0.25) is 0 Å². The summed E-state index contributed by atoms with van der Waals surface area (Å²) < 4.78 is 1.15. The summed E-state index contributed by atoms with van der Waals surface area (Å²) in [6, 6.07) is 0. The molecule has 4 rings (SSSR count). The molecule has 0 N–H and O–H groups in total. The molecule has 0 amide bonds. The van der Waals surface area contributed by atoms with E-state index in [4.69, 9.17) is 0 Å². The first-order chi connectivity index (χ1) is 7.44. The Labute approximate surface area is 124 Å². The van der Waals surface area contributed by atoms with Crippen LogP contribution in [0, 0.1) is 23.2 Å². The molecule has 1 nitrogen and oxygen atoms in total. The van der Waals surface area contributed by atoms with Crippen molar-refractivity contribution >= 4 is 0 Å². The lowest BCUT2D eigenvalue weighted by molar-refractivity contribution is -0.871. The summed E-state index contributed by atoms with van der Waals surface area (Å²) in [6.07, 6.45) is 11.0. The number of nitrogens with zero attached hydrogens (tertiary/aromatic N) is 1. The van der Waals surface area contributed by atoms with Crippen molar-refractivity contribution in [2.75, 3.05) is 27.7 Å². The molecule has 4 aliphatic carbocycles. The molecule has 0 unspecified atom stereocenters. The fourth-order valence-corrected chi connectivity index (χ4v) is 5.17. The van der Waals surface area contributed by atoms with Gasteiger partial charge in [0, 0.05) is 6.42 Å². The van der Waals surface area contributed by atoms with Crippen LogP contribution in [0.4, 0.5) is 0 Å². The first-order valence-corrected chi connectivity index (χ1v) is 7.25. The van der Waals surface area contributed by atoms with Crippen LogP contribution in [0.5, 0.6) is 0 Å². The van der Waals surface area contributed by atoms with Crippen LogP contribution >= 0.6 is 0 Å². The monoisotopic (exact) mass is 349 g/mol. The quantitative estimate of drug-likeness (QED) is 0.508. The summed E-state index contributed by atoms with van der Waals surface area (Å²) in [7, 11) is 7.04. The van der Waals surface area contributed by atoms with Gasteiger partial charge in [-0.05, 0) is 61.7 Å². The minimum absolute atomic E-state index is 0. The van der Waals surface area contributed by atoms with Gasteiger partial charge in [-0.2, -0.15) is 0 Å². The topological polar surface area (TPSA) is 0 Å². The zero-order chi connectivity index (χ0) is 11.4. The van der Waals surface area contributed by atoms with E-state index in [9.17, 15) is 0 Å². The zero-order valence-corrected chi connectivity index (χ0v) is 13.9. The predicted octanol–water partition coefficient (Wildman–Crippen LogP) is 0.303. The first kappa shape index (κ1) is 14.1. The largest absolute Gasteiger partial charge is 1.00 e. The Morgan fingerprint density at radius 2 is 1.29 bits per heavy atom. The number of halogens is 1. The molecule has 0 atom stereocenters. The smallest absolute Gasteiger partial charge is 0.0785 e. The molecule has 17 heavy (non-hydrogen) atoms. The number of hydrogen-bond acceptors (Lipinski definition) is 0. The maximum absolute atomic E-state index is 2.35. The van der Waals surface area contributed by atoms with Crippen molar-refractivity contribution in [3.8, 4) is 0 Å². The van der Waals surface area contributed by atoms with Gasteiger partial charge >= 0.3 is 0 Å². The molecule has 0 saturated heterocycles. The number of rotatable bonds is 3. The second-order valence-electron chi connectivity index (χ2n) is 8.18. The second-order valence-corrected chi connectivity index (χ2v) is 8.18. The SMILES string of the molecule is C[N+](C)(C)CCC12CC3CC(CC(C3)C1)C2.[I-]. The fourth-order valence-electron chi connectivity index (χ4n) is 5.17. The molecule has 4 bridgehead atoms. The van der Waals surface area contributed by atoms with Crippen LogP contribution in [0.15, 0.2) is 0 Å². The Kier molecular flexibility index (Phi) is 3.87. The average Bonchev–Trinajstić information content (AvgIpc) is 2.11. The second kappa shape index (κ2) is 4.66. The van der Waals surface area contributed by atoms with Gasteiger partial charge < -0.3 is 28.5 Å². The van der Waals surface area contributed by atoms with Gasteiger partial charge in [-0.1, -0.05) is 0 Å². The van der Waals surface area contributed by atoms with Gasteiger partial charge in [-0.3, -0.25) is 0 Å². The molecular weight excluding hydrogens is 321 g/mol. The Bertz CT molecular complexity index is 244. The number of quaternary nitrogens is 1. The summed E-state index contributed by atoms with van der Waals surface area (Å²) >= 11 is 0. The summed E-state index contributed by atoms with van der Waals surface area (Å²) in [5.74, 6) is 3.37. The van der Waals surface area contributed by atoms with E-state index in [2.05, 4.69) is 21.1 Å². The van der Waals surface area contributed by atoms with Gasteiger partial charge in [-0.15, -0.1) is 0 Å². The minimum atomic E-state index is 0. The van der Waals surface area contributed by atoms with E-state index < -0.39 is 0 Å². The summed E-state index contributed by atoms with van der Waals surface area (Å²) in [5, 5.41) is 0. The Hall–Kier alpha value is 0.690. The van der Waals surface area contributed by atoms with Crippen molar-refractivity contribution in [2.24, 2.45) is 23.2 Å². The molecule has 4 aliphatic rings.